The summed E-state index contributed by atoms with van der Waals surface area (Å²) >= 11 is 0. The van der Waals surface area contributed by atoms with Crippen molar-refractivity contribution in [1.29, 1.82) is 0 Å². The Bertz CT molecular complexity index is 378. The Morgan fingerprint density at radius 2 is 2.26 bits per heavy atom. The van der Waals surface area contributed by atoms with E-state index in [0.717, 1.165) is 18.8 Å². The third-order valence-corrected chi connectivity index (χ3v) is 3.90. The summed E-state index contributed by atoms with van der Waals surface area (Å²) in [5.41, 5.74) is 1.39. The summed E-state index contributed by atoms with van der Waals surface area (Å²) in [6, 6.07) is 4.89. The minimum absolute atomic E-state index is 0.569. The van der Waals surface area contributed by atoms with Crippen molar-refractivity contribution in [3.63, 3.8) is 0 Å². The molecule has 0 unspecified atom stereocenters. The van der Waals surface area contributed by atoms with Crippen LogP contribution in [0.4, 0.5) is 5.82 Å². The molecule has 2 heterocycles. The molecule has 1 aromatic rings. The van der Waals surface area contributed by atoms with Gasteiger partial charge in [0, 0.05) is 24.3 Å². The smallest absolute Gasteiger partial charge is 0.130 e. The lowest BCUT2D eigenvalue weighted by Gasteiger charge is -2.26. The molecule has 0 radical (unpaired) electrons. The minimum Gasteiger partial charge on any atom is -0.370 e. The molecule has 0 aliphatic carbocycles. The van der Waals surface area contributed by atoms with Crippen molar-refractivity contribution in [3.8, 4) is 0 Å². The van der Waals surface area contributed by atoms with Gasteiger partial charge in [-0.3, -0.25) is 4.90 Å². The molecule has 0 bridgehead atoms. The quantitative estimate of drug-likeness (QED) is 0.808. The van der Waals surface area contributed by atoms with Crippen LogP contribution in [0.2, 0.25) is 0 Å². The number of rotatable bonds is 7. The van der Waals surface area contributed by atoms with Crippen molar-refractivity contribution >= 4 is 5.82 Å². The predicted octanol–water partition coefficient (Wildman–Crippen LogP) is 3.84. The van der Waals surface area contributed by atoms with Crippen LogP contribution in [0, 0.1) is 0 Å². The monoisotopic (exact) mass is 261 g/mol. The maximum atomic E-state index is 4.54. The first-order chi connectivity index (χ1) is 9.36. The fourth-order valence-corrected chi connectivity index (χ4v) is 2.88. The second kappa shape index (κ2) is 7.49. The van der Waals surface area contributed by atoms with Crippen LogP contribution < -0.4 is 5.32 Å². The zero-order chi connectivity index (χ0) is 13.5. The molecular formula is C16H27N3. The zero-order valence-electron chi connectivity index (χ0n) is 12.4. The minimum atomic E-state index is 0.569. The van der Waals surface area contributed by atoms with E-state index in [-0.39, 0.29) is 0 Å². The molecule has 1 N–H and O–H groups in total. The second-order valence-electron chi connectivity index (χ2n) is 5.42. The van der Waals surface area contributed by atoms with Gasteiger partial charge >= 0.3 is 0 Å². The lowest BCUT2D eigenvalue weighted by Crippen LogP contribution is -2.25. The van der Waals surface area contributed by atoms with E-state index < -0.39 is 0 Å². The van der Waals surface area contributed by atoms with Gasteiger partial charge in [0.2, 0.25) is 0 Å². The number of likely N-dealkylation sites (tertiary alicyclic amines) is 1. The molecule has 1 aromatic heterocycles. The van der Waals surface area contributed by atoms with Gasteiger partial charge < -0.3 is 5.32 Å². The van der Waals surface area contributed by atoms with Gasteiger partial charge in [-0.05, 0) is 44.8 Å². The lowest BCUT2D eigenvalue weighted by atomic mass is 10.0. The molecule has 1 atom stereocenters. The Balaban J connectivity index is 2.10. The number of pyridine rings is 1. The molecule has 19 heavy (non-hydrogen) atoms. The van der Waals surface area contributed by atoms with Crippen LogP contribution in [0.15, 0.2) is 18.3 Å². The zero-order valence-corrected chi connectivity index (χ0v) is 12.4. The molecule has 1 fully saturated rings. The summed E-state index contributed by atoms with van der Waals surface area (Å²) in [5, 5.41) is 3.48. The molecule has 0 amide bonds. The highest BCUT2D eigenvalue weighted by molar-refractivity contribution is 5.46. The first-order valence-corrected chi connectivity index (χ1v) is 7.79. The van der Waals surface area contributed by atoms with Crippen molar-refractivity contribution in [2.75, 3.05) is 25.0 Å². The first kappa shape index (κ1) is 14.3. The van der Waals surface area contributed by atoms with Crippen molar-refractivity contribution in [2.45, 2.75) is 52.0 Å². The molecule has 3 nitrogen and oxygen atoms in total. The van der Waals surface area contributed by atoms with Crippen LogP contribution in [-0.4, -0.2) is 29.5 Å². The van der Waals surface area contributed by atoms with Crippen molar-refractivity contribution in [3.05, 3.63) is 23.9 Å². The third-order valence-electron chi connectivity index (χ3n) is 3.90. The number of hydrogen-bond acceptors (Lipinski definition) is 3. The predicted molar refractivity (Wildman–Crippen MR) is 81.5 cm³/mol. The van der Waals surface area contributed by atoms with Gasteiger partial charge in [-0.15, -0.1) is 0 Å². The summed E-state index contributed by atoms with van der Waals surface area (Å²) < 4.78 is 0. The van der Waals surface area contributed by atoms with Crippen LogP contribution in [0.3, 0.4) is 0 Å². The molecule has 1 aliphatic rings. The summed E-state index contributed by atoms with van der Waals surface area (Å²) in [4.78, 5) is 7.17. The van der Waals surface area contributed by atoms with E-state index in [1.807, 2.05) is 6.20 Å². The van der Waals surface area contributed by atoms with Gasteiger partial charge in [-0.1, -0.05) is 26.3 Å². The molecule has 106 valence electrons. The Labute approximate surface area is 117 Å². The number of hydrogen-bond donors (Lipinski definition) is 1. The van der Waals surface area contributed by atoms with Crippen LogP contribution in [0.5, 0.6) is 0 Å². The van der Waals surface area contributed by atoms with Crippen LogP contribution in [-0.2, 0) is 0 Å². The summed E-state index contributed by atoms with van der Waals surface area (Å²) in [6.07, 6.45) is 8.20. The topological polar surface area (TPSA) is 28.2 Å². The first-order valence-electron chi connectivity index (χ1n) is 7.79. The molecule has 1 aliphatic heterocycles. The standard InChI is InChI=1S/C16H27N3/c1-3-5-12-19-13-7-9-15(19)14-8-6-11-18-16(14)17-10-4-2/h6,8,11,15H,3-5,7,9-10,12-13H2,1-2H3,(H,17,18)/t15-/m1/s1. The van der Waals surface area contributed by atoms with Gasteiger partial charge in [0.25, 0.3) is 0 Å². The Hall–Kier alpha value is -1.09. The van der Waals surface area contributed by atoms with E-state index in [9.17, 15) is 0 Å². The molecule has 1 saturated heterocycles. The number of anilines is 1. The average molecular weight is 261 g/mol. The summed E-state index contributed by atoms with van der Waals surface area (Å²) in [7, 11) is 0. The van der Waals surface area contributed by atoms with E-state index in [1.165, 1.54) is 44.3 Å². The number of nitrogens with zero attached hydrogens (tertiary/aromatic N) is 2. The van der Waals surface area contributed by atoms with E-state index in [4.69, 9.17) is 0 Å². The Morgan fingerprint density at radius 3 is 3.05 bits per heavy atom. The Morgan fingerprint density at radius 1 is 1.37 bits per heavy atom. The van der Waals surface area contributed by atoms with E-state index in [1.54, 1.807) is 0 Å². The third kappa shape index (κ3) is 3.69. The van der Waals surface area contributed by atoms with Gasteiger partial charge in [0.1, 0.15) is 5.82 Å². The highest BCUT2D eigenvalue weighted by Crippen LogP contribution is 2.35. The lowest BCUT2D eigenvalue weighted by molar-refractivity contribution is 0.253. The maximum absolute atomic E-state index is 4.54. The van der Waals surface area contributed by atoms with Crippen molar-refractivity contribution in [1.82, 2.24) is 9.88 Å². The van der Waals surface area contributed by atoms with E-state index in [2.05, 4.69) is 41.2 Å². The molecular weight excluding hydrogens is 234 g/mol. The summed E-state index contributed by atoms with van der Waals surface area (Å²) in [5.74, 6) is 1.10. The molecule has 2 rings (SSSR count). The van der Waals surface area contributed by atoms with E-state index in [0.29, 0.717) is 6.04 Å². The fourth-order valence-electron chi connectivity index (χ4n) is 2.88. The number of unbranched alkanes of at least 4 members (excludes halogenated alkanes) is 1. The van der Waals surface area contributed by atoms with Crippen LogP contribution in [0.25, 0.3) is 0 Å². The van der Waals surface area contributed by atoms with E-state index >= 15 is 0 Å². The SMILES string of the molecule is CCCCN1CCC[C@@H]1c1cccnc1NCCC. The highest BCUT2D eigenvalue weighted by atomic mass is 15.2. The van der Waals surface area contributed by atoms with Gasteiger partial charge in [-0.2, -0.15) is 0 Å². The normalized spacial score (nSPS) is 19.8. The molecule has 0 spiro atoms. The van der Waals surface area contributed by atoms with Gasteiger partial charge in [0.05, 0.1) is 0 Å². The molecule has 0 aromatic carbocycles. The Kier molecular flexibility index (Phi) is 5.64. The maximum Gasteiger partial charge on any atom is 0.130 e. The van der Waals surface area contributed by atoms with Crippen molar-refractivity contribution < 1.29 is 0 Å². The van der Waals surface area contributed by atoms with Crippen LogP contribution >= 0.6 is 0 Å². The van der Waals surface area contributed by atoms with Gasteiger partial charge in [0.15, 0.2) is 0 Å². The highest BCUT2D eigenvalue weighted by Gasteiger charge is 2.27. The second-order valence-corrected chi connectivity index (χ2v) is 5.42. The summed E-state index contributed by atoms with van der Waals surface area (Å²) in [6.45, 7) is 7.93. The fraction of sp³-hybridized carbons (Fsp3) is 0.688. The number of nitrogens with one attached hydrogen (secondary N) is 1. The van der Waals surface area contributed by atoms with Gasteiger partial charge in [-0.25, -0.2) is 4.98 Å². The van der Waals surface area contributed by atoms with Crippen LogP contribution in [0.1, 0.15) is 57.6 Å². The average Bonchev–Trinajstić information content (AvgIpc) is 2.91. The van der Waals surface area contributed by atoms with Crippen molar-refractivity contribution in [2.24, 2.45) is 0 Å². The molecule has 0 saturated carbocycles. The molecule has 3 heteroatoms. The number of aromatic nitrogens is 1. The largest absolute Gasteiger partial charge is 0.370 e.